The molecule has 102 valence electrons. The molecule has 0 aliphatic rings. The molecule has 0 bridgehead atoms. The molecule has 0 amide bonds. The van der Waals surface area contributed by atoms with Gasteiger partial charge in [-0.3, -0.25) is 0 Å². The SMILES string of the molecule is CCNC(Cc1csc(C)n1)c1cccc(Br)c1F. The first-order chi connectivity index (χ1) is 9.11. The van der Waals surface area contributed by atoms with Crippen LogP contribution in [0.5, 0.6) is 0 Å². The number of thiazole rings is 1. The molecule has 19 heavy (non-hydrogen) atoms. The number of rotatable bonds is 5. The van der Waals surface area contributed by atoms with E-state index in [9.17, 15) is 4.39 Å². The van der Waals surface area contributed by atoms with E-state index in [2.05, 4.69) is 26.2 Å². The van der Waals surface area contributed by atoms with Gasteiger partial charge in [-0.2, -0.15) is 0 Å². The Bertz CT molecular complexity index is 556. The standard InChI is InChI=1S/C14H16BrFN2S/c1-3-17-13(7-10-8-19-9(2)18-10)11-5-4-6-12(15)14(11)16/h4-6,8,13,17H,3,7H2,1-2H3. The van der Waals surface area contributed by atoms with Gasteiger partial charge in [-0.05, 0) is 35.5 Å². The zero-order chi connectivity index (χ0) is 13.8. The van der Waals surface area contributed by atoms with E-state index in [0.717, 1.165) is 17.2 Å². The van der Waals surface area contributed by atoms with Gasteiger partial charge in [0.25, 0.3) is 0 Å². The second-order valence-electron chi connectivity index (χ2n) is 4.32. The zero-order valence-electron chi connectivity index (χ0n) is 10.9. The van der Waals surface area contributed by atoms with Gasteiger partial charge in [-0.25, -0.2) is 9.37 Å². The van der Waals surface area contributed by atoms with Crippen LogP contribution in [-0.2, 0) is 6.42 Å². The van der Waals surface area contributed by atoms with Gasteiger partial charge < -0.3 is 5.32 Å². The Balaban J connectivity index is 2.26. The fourth-order valence-corrected chi connectivity index (χ4v) is 3.05. The quantitative estimate of drug-likeness (QED) is 0.878. The van der Waals surface area contributed by atoms with Gasteiger partial charge >= 0.3 is 0 Å². The first-order valence-corrected chi connectivity index (χ1v) is 7.87. The molecule has 2 nitrogen and oxygen atoms in total. The van der Waals surface area contributed by atoms with Crippen molar-refractivity contribution in [1.82, 2.24) is 10.3 Å². The van der Waals surface area contributed by atoms with Crippen molar-refractivity contribution in [2.75, 3.05) is 6.54 Å². The van der Waals surface area contributed by atoms with Gasteiger partial charge in [-0.15, -0.1) is 11.3 Å². The molecule has 0 saturated carbocycles. The number of aryl methyl sites for hydroxylation is 1. The number of benzene rings is 1. The van der Waals surface area contributed by atoms with Crippen LogP contribution in [0.3, 0.4) is 0 Å². The van der Waals surface area contributed by atoms with Crippen molar-refractivity contribution in [2.45, 2.75) is 26.3 Å². The highest BCUT2D eigenvalue weighted by Gasteiger charge is 2.18. The van der Waals surface area contributed by atoms with Crippen molar-refractivity contribution in [2.24, 2.45) is 0 Å². The maximum absolute atomic E-state index is 14.2. The van der Waals surface area contributed by atoms with Crippen molar-refractivity contribution in [3.05, 3.63) is 50.1 Å². The van der Waals surface area contributed by atoms with Crippen LogP contribution < -0.4 is 5.32 Å². The third kappa shape index (κ3) is 3.61. The Morgan fingerprint density at radius 2 is 2.26 bits per heavy atom. The summed E-state index contributed by atoms with van der Waals surface area (Å²) in [5, 5.41) is 6.41. The first kappa shape index (κ1) is 14.6. The van der Waals surface area contributed by atoms with Crippen LogP contribution in [0, 0.1) is 12.7 Å². The van der Waals surface area contributed by atoms with E-state index in [1.165, 1.54) is 0 Å². The third-order valence-electron chi connectivity index (χ3n) is 2.89. The van der Waals surface area contributed by atoms with Crippen LogP contribution >= 0.6 is 27.3 Å². The molecule has 2 aromatic rings. The number of halogens is 2. The molecule has 1 aromatic heterocycles. The minimum atomic E-state index is -0.194. The van der Waals surface area contributed by atoms with E-state index in [4.69, 9.17) is 0 Å². The lowest BCUT2D eigenvalue weighted by molar-refractivity contribution is 0.504. The second-order valence-corrected chi connectivity index (χ2v) is 6.23. The Kier molecular flexibility index (Phi) is 5.07. The lowest BCUT2D eigenvalue weighted by atomic mass is 10.0. The van der Waals surface area contributed by atoms with Gasteiger partial charge in [0.15, 0.2) is 0 Å². The van der Waals surface area contributed by atoms with Crippen LogP contribution in [0.2, 0.25) is 0 Å². The van der Waals surface area contributed by atoms with Gasteiger partial charge in [0.2, 0.25) is 0 Å². The molecule has 1 heterocycles. The Labute approximate surface area is 125 Å². The predicted molar refractivity (Wildman–Crippen MR) is 81.1 cm³/mol. The van der Waals surface area contributed by atoms with Gasteiger partial charge in [0.05, 0.1) is 15.2 Å². The summed E-state index contributed by atoms with van der Waals surface area (Å²) in [6, 6.07) is 5.35. The van der Waals surface area contributed by atoms with E-state index in [0.29, 0.717) is 16.5 Å². The minimum absolute atomic E-state index is 0.0519. The summed E-state index contributed by atoms with van der Waals surface area (Å²) in [6.45, 7) is 4.80. The summed E-state index contributed by atoms with van der Waals surface area (Å²) in [7, 11) is 0. The highest BCUT2D eigenvalue weighted by atomic mass is 79.9. The number of hydrogen-bond acceptors (Lipinski definition) is 3. The summed E-state index contributed by atoms with van der Waals surface area (Å²) < 4.78 is 14.7. The highest BCUT2D eigenvalue weighted by molar-refractivity contribution is 9.10. The van der Waals surface area contributed by atoms with Crippen LogP contribution in [0.1, 0.15) is 29.2 Å². The van der Waals surface area contributed by atoms with E-state index < -0.39 is 0 Å². The molecule has 1 atom stereocenters. The molecule has 0 radical (unpaired) electrons. The maximum atomic E-state index is 14.2. The lowest BCUT2D eigenvalue weighted by Crippen LogP contribution is -2.24. The number of nitrogens with one attached hydrogen (secondary N) is 1. The van der Waals surface area contributed by atoms with E-state index >= 15 is 0 Å². The Hall–Kier alpha value is -0.780. The monoisotopic (exact) mass is 342 g/mol. The topological polar surface area (TPSA) is 24.9 Å². The fourth-order valence-electron chi connectivity index (χ4n) is 2.04. The number of hydrogen-bond donors (Lipinski definition) is 1. The molecule has 1 unspecified atom stereocenters. The normalized spacial score (nSPS) is 12.6. The van der Waals surface area contributed by atoms with Gasteiger partial charge in [-0.1, -0.05) is 19.1 Å². The molecule has 5 heteroatoms. The molecule has 1 N–H and O–H groups in total. The Morgan fingerprint density at radius 3 is 2.89 bits per heavy atom. The average Bonchev–Trinajstić information content (AvgIpc) is 2.78. The molecule has 1 aromatic carbocycles. The van der Waals surface area contributed by atoms with E-state index in [1.54, 1.807) is 17.4 Å². The highest BCUT2D eigenvalue weighted by Crippen LogP contribution is 2.26. The van der Waals surface area contributed by atoms with E-state index in [-0.39, 0.29) is 11.9 Å². The first-order valence-electron chi connectivity index (χ1n) is 6.20. The molecule has 0 saturated heterocycles. The molecule has 0 spiro atoms. The zero-order valence-corrected chi connectivity index (χ0v) is 13.3. The molecular formula is C14H16BrFN2S. The fraction of sp³-hybridized carbons (Fsp3) is 0.357. The molecule has 0 aliphatic heterocycles. The van der Waals surface area contributed by atoms with Crippen LogP contribution in [0.4, 0.5) is 4.39 Å². The largest absolute Gasteiger partial charge is 0.310 e. The summed E-state index contributed by atoms with van der Waals surface area (Å²) in [5.74, 6) is -0.194. The van der Waals surface area contributed by atoms with Gasteiger partial charge in [0.1, 0.15) is 5.82 Å². The van der Waals surface area contributed by atoms with Crippen LogP contribution in [0.25, 0.3) is 0 Å². The Morgan fingerprint density at radius 1 is 1.47 bits per heavy atom. The number of likely N-dealkylation sites (N-methyl/N-ethyl adjacent to an activating group) is 1. The summed E-state index contributed by atoms with van der Waals surface area (Å²) in [6.07, 6.45) is 0.700. The van der Waals surface area contributed by atoms with Gasteiger partial charge in [0, 0.05) is 23.4 Å². The van der Waals surface area contributed by atoms with Crippen molar-refractivity contribution >= 4 is 27.3 Å². The predicted octanol–water partition coefficient (Wildman–Crippen LogP) is 4.25. The molecule has 2 rings (SSSR count). The van der Waals surface area contributed by atoms with Crippen LogP contribution in [0.15, 0.2) is 28.1 Å². The number of nitrogens with zero attached hydrogens (tertiary/aromatic N) is 1. The van der Waals surface area contributed by atoms with Crippen molar-refractivity contribution in [3.63, 3.8) is 0 Å². The van der Waals surface area contributed by atoms with Crippen molar-refractivity contribution in [3.8, 4) is 0 Å². The van der Waals surface area contributed by atoms with E-state index in [1.807, 2.05) is 31.4 Å². The number of aromatic nitrogens is 1. The third-order valence-corrected chi connectivity index (χ3v) is 4.32. The van der Waals surface area contributed by atoms with Crippen LogP contribution in [-0.4, -0.2) is 11.5 Å². The molecule has 0 aliphatic carbocycles. The molecular weight excluding hydrogens is 327 g/mol. The smallest absolute Gasteiger partial charge is 0.142 e. The maximum Gasteiger partial charge on any atom is 0.142 e. The van der Waals surface area contributed by atoms with Crippen molar-refractivity contribution < 1.29 is 4.39 Å². The second kappa shape index (κ2) is 6.59. The minimum Gasteiger partial charge on any atom is -0.310 e. The average molecular weight is 343 g/mol. The summed E-state index contributed by atoms with van der Waals surface area (Å²) >= 11 is 4.86. The summed E-state index contributed by atoms with van der Waals surface area (Å²) in [5.41, 5.74) is 1.69. The lowest BCUT2D eigenvalue weighted by Gasteiger charge is -2.18. The van der Waals surface area contributed by atoms with Crippen molar-refractivity contribution in [1.29, 1.82) is 0 Å². The summed E-state index contributed by atoms with van der Waals surface area (Å²) in [4.78, 5) is 4.45. The molecule has 0 fully saturated rings.